The number of aromatic nitrogens is 1. The van der Waals surface area contributed by atoms with E-state index < -0.39 is 18.1 Å². The molecule has 0 spiro atoms. The summed E-state index contributed by atoms with van der Waals surface area (Å²) in [6.07, 6.45) is 2.12. The van der Waals surface area contributed by atoms with Crippen LogP contribution in [0, 0.1) is 6.92 Å². The standard InChI is InChI=1S/C16H17N3O4/c1-8-2-3-11-9(4-8)18-14-12(23-11)5-10(15(14)20)19-16(21)13-6-17-7-22-13/h2-4,6-7,10,12,14-15,18,20H,5H2,1H3,(H,19,21)/t10-,12-,14-,15-/m1/s1. The summed E-state index contributed by atoms with van der Waals surface area (Å²) in [6, 6.07) is 5.21. The fourth-order valence-electron chi connectivity index (χ4n) is 3.22. The lowest BCUT2D eigenvalue weighted by Gasteiger charge is -2.32. The third-order valence-corrected chi connectivity index (χ3v) is 4.38. The van der Waals surface area contributed by atoms with Gasteiger partial charge in [-0.2, -0.15) is 0 Å². The van der Waals surface area contributed by atoms with Crippen LogP contribution in [0.4, 0.5) is 5.69 Å². The molecule has 7 heteroatoms. The van der Waals surface area contributed by atoms with Crippen LogP contribution in [0.5, 0.6) is 5.75 Å². The second-order valence-electron chi connectivity index (χ2n) is 6.00. The second kappa shape index (κ2) is 5.27. The predicted octanol–water partition coefficient (Wildman–Crippen LogP) is 1.09. The van der Waals surface area contributed by atoms with Crippen molar-refractivity contribution >= 4 is 11.6 Å². The first-order chi connectivity index (χ1) is 11.1. The van der Waals surface area contributed by atoms with Gasteiger partial charge in [-0.3, -0.25) is 4.79 Å². The Morgan fingerprint density at radius 1 is 1.48 bits per heavy atom. The number of nitrogens with zero attached hydrogens (tertiary/aromatic N) is 1. The van der Waals surface area contributed by atoms with Crippen LogP contribution in [0.25, 0.3) is 0 Å². The van der Waals surface area contributed by atoms with Crippen LogP contribution in [0.1, 0.15) is 22.5 Å². The number of aryl methyl sites for hydroxylation is 1. The monoisotopic (exact) mass is 315 g/mol. The van der Waals surface area contributed by atoms with Crippen molar-refractivity contribution < 1.29 is 19.1 Å². The van der Waals surface area contributed by atoms with Gasteiger partial charge in [0, 0.05) is 6.42 Å². The number of aliphatic hydroxyl groups excluding tert-OH is 1. The summed E-state index contributed by atoms with van der Waals surface area (Å²) < 4.78 is 10.9. The fraction of sp³-hybridized carbons (Fsp3) is 0.375. The summed E-state index contributed by atoms with van der Waals surface area (Å²) in [6.45, 7) is 2.00. The molecule has 0 radical (unpaired) electrons. The summed E-state index contributed by atoms with van der Waals surface area (Å²) >= 11 is 0. The first-order valence-corrected chi connectivity index (χ1v) is 7.53. The van der Waals surface area contributed by atoms with Crippen LogP contribution in [0.3, 0.4) is 0 Å². The van der Waals surface area contributed by atoms with Crippen LogP contribution in [0.2, 0.25) is 0 Å². The van der Waals surface area contributed by atoms with Crippen molar-refractivity contribution in [1.82, 2.24) is 10.3 Å². The van der Waals surface area contributed by atoms with E-state index in [1.165, 1.54) is 12.6 Å². The van der Waals surface area contributed by atoms with Gasteiger partial charge >= 0.3 is 0 Å². The maximum Gasteiger partial charge on any atom is 0.289 e. The summed E-state index contributed by atoms with van der Waals surface area (Å²) in [5, 5.41) is 16.6. The first kappa shape index (κ1) is 14.1. The van der Waals surface area contributed by atoms with E-state index in [1.54, 1.807) is 0 Å². The maximum atomic E-state index is 12.1. The van der Waals surface area contributed by atoms with Crippen LogP contribution in [0.15, 0.2) is 35.2 Å². The zero-order chi connectivity index (χ0) is 16.0. The Hall–Kier alpha value is -2.54. The van der Waals surface area contributed by atoms with E-state index in [1.807, 2.05) is 25.1 Å². The molecule has 0 saturated heterocycles. The van der Waals surface area contributed by atoms with Crippen LogP contribution < -0.4 is 15.4 Å². The normalized spacial score (nSPS) is 28.3. The van der Waals surface area contributed by atoms with Crippen molar-refractivity contribution in [3.05, 3.63) is 42.1 Å². The Morgan fingerprint density at radius 2 is 2.35 bits per heavy atom. The van der Waals surface area contributed by atoms with E-state index in [-0.39, 0.29) is 17.9 Å². The molecule has 4 rings (SSSR count). The van der Waals surface area contributed by atoms with Crippen molar-refractivity contribution in [1.29, 1.82) is 0 Å². The molecular formula is C16H17N3O4. The minimum absolute atomic E-state index is 0.125. The zero-order valence-electron chi connectivity index (χ0n) is 12.5. The summed E-state index contributed by atoms with van der Waals surface area (Å²) in [5.74, 6) is 0.504. The third kappa shape index (κ3) is 2.43. The molecule has 23 heavy (non-hydrogen) atoms. The number of rotatable bonds is 2. The van der Waals surface area contributed by atoms with Crippen molar-refractivity contribution in [3.63, 3.8) is 0 Å². The Balaban J connectivity index is 1.50. The molecule has 1 aromatic carbocycles. The molecule has 1 aliphatic heterocycles. The van der Waals surface area contributed by atoms with Gasteiger partial charge in [0.1, 0.15) is 11.9 Å². The number of anilines is 1. The number of nitrogens with one attached hydrogen (secondary N) is 2. The SMILES string of the molecule is Cc1ccc2c(c1)N[C@H]1[C@H](O)[C@H](NC(=O)c3cnco3)C[C@H]1O2. The van der Waals surface area contributed by atoms with Gasteiger partial charge in [-0.05, 0) is 24.6 Å². The molecule has 1 amide bonds. The van der Waals surface area contributed by atoms with Crippen molar-refractivity contribution in [2.24, 2.45) is 0 Å². The van der Waals surface area contributed by atoms with E-state index in [2.05, 4.69) is 15.6 Å². The number of hydrogen-bond acceptors (Lipinski definition) is 6. The number of fused-ring (bicyclic) bond motifs is 2. The topological polar surface area (TPSA) is 96.6 Å². The largest absolute Gasteiger partial charge is 0.486 e. The average Bonchev–Trinajstić information content (AvgIpc) is 3.16. The smallest absolute Gasteiger partial charge is 0.289 e. The van der Waals surface area contributed by atoms with Gasteiger partial charge in [-0.1, -0.05) is 6.07 Å². The van der Waals surface area contributed by atoms with Crippen LogP contribution >= 0.6 is 0 Å². The Morgan fingerprint density at radius 3 is 3.13 bits per heavy atom. The van der Waals surface area contributed by atoms with Gasteiger partial charge < -0.3 is 24.9 Å². The summed E-state index contributed by atoms with van der Waals surface area (Å²) in [4.78, 5) is 15.8. The van der Waals surface area contributed by atoms with Gasteiger partial charge in [-0.25, -0.2) is 4.98 Å². The molecule has 1 aliphatic carbocycles. The minimum atomic E-state index is -0.750. The molecule has 3 N–H and O–H groups in total. The highest BCUT2D eigenvalue weighted by Gasteiger charge is 2.47. The van der Waals surface area contributed by atoms with Crippen molar-refractivity contribution in [2.45, 2.75) is 37.6 Å². The van der Waals surface area contributed by atoms with E-state index in [4.69, 9.17) is 9.15 Å². The lowest BCUT2D eigenvalue weighted by Crippen LogP contribution is -2.47. The Bertz CT molecular complexity index is 731. The van der Waals surface area contributed by atoms with E-state index in [0.29, 0.717) is 6.42 Å². The molecule has 0 bridgehead atoms. The highest BCUT2D eigenvalue weighted by molar-refractivity contribution is 5.91. The zero-order valence-corrected chi connectivity index (χ0v) is 12.5. The predicted molar refractivity (Wildman–Crippen MR) is 81.4 cm³/mol. The highest BCUT2D eigenvalue weighted by atomic mass is 16.5. The van der Waals surface area contributed by atoms with Crippen molar-refractivity contribution in [2.75, 3.05) is 5.32 Å². The quantitative estimate of drug-likeness (QED) is 0.767. The van der Waals surface area contributed by atoms with Crippen LogP contribution in [-0.2, 0) is 0 Å². The lowest BCUT2D eigenvalue weighted by molar-refractivity contribution is 0.0828. The average molecular weight is 315 g/mol. The molecule has 120 valence electrons. The Kier molecular flexibility index (Phi) is 3.23. The summed E-state index contributed by atoms with van der Waals surface area (Å²) in [5.41, 5.74) is 1.98. The number of benzene rings is 1. The van der Waals surface area contributed by atoms with E-state index in [9.17, 15) is 9.90 Å². The molecule has 0 unspecified atom stereocenters. The van der Waals surface area contributed by atoms with Gasteiger partial charge in [0.15, 0.2) is 6.39 Å². The lowest BCUT2D eigenvalue weighted by atomic mass is 10.1. The molecule has 4 atom stereocenters. The second-order valence-corrected chi connectivity index (χ2v) is 6.00. The number of carbonyl (C=O) groups excluding carboxylic acids is 1. The molecular weight excluding hydrogens is 298 g/mol. The molecule has 2 aliphatic rings. The maximum absolute atomic E-state index is 12.1. The minimum Gasteiger partial charge on any atom is -0.486 e. The molecule has 1 fully saturated rings. The molecule has 2 heterocycles. The number of hydrogen-bond donors (Lipinski definition) is 3. The Labute approximate surface area is 132 Å². The molecule has 2 aromatic rings. The number of amides is 1. The van der Waals surface area contributed by atoms with E-state index >= 15 is 0 Å². The number of oxazole rings is 1. The van der Waals surface area contributed by atoms with E-state index in [0.717, 1.165) is 17.0 Å². The third-order valence-electron chi connectivity index (χ3n) is 4.38. The van der Waals surface area contributed by atoms with Crippen LogP contribution in [-0.4, -0.2) is 40.3 Å². The van der Waals surface area contributed by atoms with Gasteiger partial charge in [0.05, 0.1) is 30.1 Å². The summed E-state index contributed by atoms with van der Waals surface area (Å²) in [7, 11) is 0. The number of aliphatic hydroxyl groups is 1. The number of carbonyl (C=O) groups is 1. The molecule has 7 nitrogen and oxygen atoms in total. The number of ether oxygens (including phenoxy) is 1. The van der Waals surface area contributed by atoms with Crippen molar-refractivity contribution in [3.8, 4) is 5.75 Å². The highest BCUT2D eigenvalue weighted by Crippen LogP contribution is 2.38. The van der Waals surface area contributed by atoms with Gasteiger partial charge in [0.25, 0.3) is 5.91 Å². The van der Waals surface area contributed by atoms with Gasteiger partial charge in [0.2, 0.25) is 5.76 Å². The first-order valence-electron chi connectivity index (χ1n) is 7.53. The fourth-order valence-corrected chi connectivity index (χ4v) is 3.22. The molecule has 1 saturated carbocycles. The van der Waals surface area contributed by atoms with Gasteiger partial charge in [-0.15, -0.1) is 0 Å². The molecule has 1 aromatic heterocycles.